The van der Waals surface area contributed by atoms with Crippen molar-refractivity contribution in [2.24, 2.45) is 0 Å². The van der Waals surface area contributed by atoms with Gasteiger partial charge in [0.2, 0.25) is 5.95 Å². The second-order valence-corrected chi connectivity index (χ2v) is 23.1. The van der Waals surface area contributed by atoms with Gasteiger partial charge in [-0.15, -0.1) is 0 Å². The molecule has 18 aromatic rings. The number of pyridine rings is 2. The van der Waals surface area contributed by atoms with Gasteiger partial charge in [-0.05, 0) is 132 Å². The smallest absolute Gasteiger partial charge is 0.238 e. The zero-order valence-electron chi connectivity index (χ0n) is 46.9. The first-order valence-electron chi connectivity index (χ1n) is 29.7. The Morgan fingerprint density at radius 1 is 0.261 bits per heavy atom. The zero-order chi connectivity index (χ0) is 57.3. The average molecular weight is 1120 g/mol. The van der Waals surface area contributed by atoms with Gasteiger partial charge in [-0.25, -0.2) is 15.0 Å². The summed E-state index contributed by atoms with van der Waals surface area (Å²) in [4.78, 5) is 37.6. The van der Waals surface area contributed by atoms with Crippen LogP contribution >= 0.6 is 0 Å². The first-order chi connectivity index (χ1) is 43.6. The molecule has 88 heavy (non-hydrogen) atoms. The number of fused-ring (bicyclic) bond motifs is 11. The first-order valence-corrected chi connectivity index (χ1v) is 29.7. The van der Waals surface area contributed by atoms with Crippen LogP contribution in [0, 0.1) is 0 Å². The maximum atomic E-state index is 5.75. The Balaban J connectivity index is 0.808. The van der Waals surface area contributed by atoms with Crippen molar-refractivity contribution in [2.75, 3.05) is 0 Å². The molecule has 9 heteroatoms. The van der Waals surface area contributed by atoms with Crippen LogP contribution in [0.1, 0.15) is 0 Å². The first kappa shape index (κ1) is 47.3. The van der Waals surface area contributed by atoms with Gasteiger partial charge in [0.15, 0.2) is 17.5 Å². The number of hydrogen-bond acceptors (Lipinski definition) is 7. The molecule has 0 saturated heterocycles. The molecule has 2 aliphatic carbocycles. The SMILES string of the molecule is c1ccc(-c2nc(-c3ccccc3)nc(-n3c4ccc5cccc6c5c4c4c(cc5cccnc5c43)-c3ccc(-c4ccc5nc(-n7c8ccc9cccc%10c9c8c8c(cc9cccnc9c87)-c7ccccc7-%10)c(-c7ccccc7)nc5c4)cc3-6)n2)cc1. The van der Waals surface area contributed by atoms with Gasteiger partial charge in [-0.1, -0.05) is 194 Å². The van der Waals surface area contributed by atoms with E-state index in [1.807, 2.05) is 60.9 Å². The predicted molar refractivity (Wildman–Crippen MR) is 358 cm³/mol. The maximum absolute atomic E-state index is 5.75. The molecule has 0 unspecified atom stereocenters. The molecule has 0 saturated carbocycles. The molecule has 0 spiro atoms. The summed E-state index contributed by atoms with van der Waals surface area (Å²) in [6.07, 6.45) is 3.79. The second kappa shape index (κ2) is 17.7. The Morgan fingerprint density at radius 2 is 0.761 bits per heavy atom. The van der Waals surface area contributed by atoms with Crippen LogP contribution in [0.2, 0.25) is 0 Å². The molecule has 0 bridgehead atoms. The quantitative estimate of drug-likeness (QED) is 0.163. The van der Waals surface area contributed by atoms with E-state index < -0.39 is 0 Å². The fourth-order valence-electron chi connectivity index (χ4n) is 14.7. The van der Waals surface area contributed by atoms with Gasteiger partial charge >= 0.3 is 0 Å². The summed E-state index contributed by atoms with van der Waals surface area (Å²) in [6.45, 7) is 0. The molecule has 6 aromatic heterocycles. The van der Waals surface area contributed by atoms with Gasteiger partial charge in [0.1, 0.15) is 5.69 Å². The van der Waals surface area contributed by atoms with Crippen molar-refractivity contribution < 1.29 is 0 Å². The summed E-state index contributed by atoms with van der Waals surface area (Å²) in [7, 11) is 0. The van der Waals surface area contributed by atoms with Crippen molar-refractivity contribution in [1.29, 1.82) is 0 Å². The predicted octanol–water partition coefficient (Wildman–Crippen LogP) is 19.4. The van der Waals surface area contributed by atoms with Crippen LogP contribution in [0.3, 0.4) is 0 Å². The minimum absolute atomic E-state index is 0.528. The molecule has 2 aliphatic rings. The number of rotatable bonds is 6. The number of benzene rings is 12. The van der Waals surface area contributed by atoms with E-state index in [-0.39, 0.29) is 0 Å². The topological polar surface area (TPSA) is 100 Å². The van der Waals surface area contributed by atoms with Crippen molar-refractivity contribution in [3.63, 3.8) is 0 Å². The van der Waals surface area contributed by atoms with Crippen LogP contribution in [0.25, 0.3) is 199 Å². The second-order valence-electron chi connectivity index (χ2n) is 23.1. The number of hydrogen-bond donors (Lipinski definition) is 0. The van der Waals surface area contributed by atoms with Gasteiger partial charge in [0.05, 0.1) is 44.1 Å². The Bertz CT molecular complexity index is 6050. The number of nitrogens with zero attached hydrogens (tertiary/aromatic N) is 9. The van der Waals surface area contributed by atoms with Crippen LogP contribution in [-0.2, 0) is 0 Å². The van der Waals surface area contributed by atoms with Crippen LogP contribution < -0.4 is 0 Å². The molecule has 404 valence electrons. The Labute approximate surface area is 501 Å². The highest BCUT2D eigenvalue weighted by Crippen LogP contribution is 2.54. The van der Waals surface area contributed by atoms with Crippen molar-refractivity contribution in [2.45, 2.75) is 0 Å². The molecule has 0 fully saturated rings. The number of aromatic nitrogens is 9. The van der Waals surface area contributed by atoms with Crippen LogP contribution in [0.15, 0.2) is 261 Å². The average Bonchev–Trinajstić information content (AvgIpc) is 1.56. The molecular formula is C79H43N9. The van der Waals surface area contributed by atoms with Crippen molar-refractivity contribution in [3.05, 3.63) is 261 Å². The fourth-order valence-corrected chi connectivity index (χ4v) is 14.7. The Morgan fingerprint density at radius 3 is 1.39 bits per heavy atom. The minimum Gasteiger partial charge on any atom is -0.290 e. The minimum atomic E-state index is 0.528. The molecule has 6 heterocycles. The Kier molecular flexibility index (Phi) is 9.54. The van der Waals surface area contributed by atoms with Gasteiger partial charge in [-0.3, -0.25) is 19.1 Å². The summed E-state index contributed by atoms with van der Waals surface area (Å²) >= 11 is 0. The van der Waals surface area contributed by atoms with E-state index in [4.69, 9.17) is 34.9 Å². The van der Waals surface area contributed by atoms with Crippen LogP contribution in [0.4, 0.5) is 0 Å². The molecule has 9 nitrogen and oxygen atoms in total. The summed E-state index contributed by atoms with van der Waals surface area (Å²) in [5.74, 6) is 2.47. The summed E-state index contributed by atoms with van der Waals surface area (Å²) in [5.41, 5.74) is 22.4. The van der Waals surface area contributed by atoms with Crippen molar-refractivity contribution in [1.82, 2.24) is 44.0 Å². The highest BCUT2D eigenvalue weighted by atomic mass is 15.2. The largest absolute Gasteiger partial charge is 0.290 e. The Hall–Kier alpha value is -12.1. The third-order valence-electron chi connectivity index (χ3n) is 18.4. The van der Waals surface area contributed by atoms with Gasteiger partial charge in [0.25, 0.3) is 0 Å². The normalized spacial score (nSPS) is 12.3. The molecule has 0 radical (unpaired) electrons. The lowest BCUT2D eigenvalue weighted by molar-refractivity contribution is 0.954. The van der Waals surface area contributed by atoms with Gasteiger partial charge < -0.3 is 0 Å². The van der Waals surface area contributed by atoms with Crippen molar-refractivity contribution >= 4 is 98.0 Å². The van der Waals surface area contributed by atoms with E-state index in [1.165, 1.54) is 49.2 Å². The van der Waals surface area contributed by atoms with Crippen LogP contribution in [0.5, 0.6) is 0 Å². The van der Waals surface area contributed by atoms with E-state index in [9.17, 15) is 0 Å². The monoisotopic (exact) mass is 1120 g/mol. The molecule has 0 amide bonds. The van der Waals surface area contributed by atoms with E-state index >= 15 is 0 Å². The molecule has 20 rings (SSSR count). The van der Waals surface area contributed by atoms with E-state index in [0.717, 1.165) is 133 Å². The lowest BCUT2D eigenvalue weighted by atomic mass is 9.90. The van der Waals surface area contributed by atoms with Gasteiger partial charge in [0, 0.05) is 61.4 Å². The molecule has 0 aliphatic heterocycles. The molecule has 0 N–H and O–H groups in total. The van der Waals surface area contributed by atoms with Crippen LogP contribution in [-0.4, -0.2) is 44.0 Å². The van der Waals surface area contributed by atoms with E-state index in [2.05, 4.69) is 209 Å². The zero-order valence-corrected chi connectivity index (χ0v) is 46.9. The molecule has 0 atom stereocenters. The summed E-state index contributed by atoms with van der Waals surface area (Å²) in [6, 6.07) is 88.7. The third-order valence-corrected chi connectivity index (χ3v) is 18.4. The standard InChI is InChI=1S/C79H43N9/c1-4-16-46(17-5-1)73-78(87-63-36-32-44-22-12-28-56-53-26-10-11-27-54(53)59-41-51-24-14-38-80-71(51)74(87)67(59)69(63)65(44)56)83-61-35-31-50(43-62(61)82-73)49-30-34-55-58(40-49)57-29-13-23-45-33-37-64-70(66(45)57)68-60(55)42-52-25-15-39-81-72(52)75(68)88(64)79-85-76(47-18-6-2-7-19-47)84-77(86-79)48-20-8-3-9-21-48/h1-43H. The van der Waals surface area contributed by atoms with Gasteiger partial charge in [-0.2, -0.15) is 9.97 Å². The molecule has 12 aromatic carbocycles. The lowest BCUT2D eigenvalue weighted by Crippen LogP contribution is -2.07. The fraction of sp³-hybridized carbons (Fsp3) is 0. The summed E-state index contributed by atoms with van der Waals surface area (Å²) in [5, 5.41) is 11.4. The van der Waals surface area contributed by atoms with Crippen molar-refractivity contribution in [3.8, 4) is 101 Å². The highest BCUT2D eigenvalue weighted by molar-refractivity contribution is 6.35. The molecular weight excluding hydrogens is 1070 g/mol. The lowest BCUT2D eigenvalue weighted by Gasteiger charge is -2.17. The van der Waals surface area contributed by atoms with E-state index in [0.29, 0.717) is 17.6 Å². The van der Waals surface area contributed by atoms with E-state index in [1.54, 1.807) is 0 Å². The third kappa shape index (κ3) is 6.55. The summed E-state index contributed by atoms with van der Waals surface area (Å²) < 4.78 is 4.59. The maximum Gasteiger partial charge on any atom is 0.238 e. The highest BCUT2D eigenvalue weighted by Gasteiger charge is 2.31.